The molecule has 0 fully saturated rings. The van der Waals surface area contributed by atoms with E-state index >= 15 is 0 Å². The Morgan fingerprint density at radius 1 is 1.29 bits per heavy atom. The average molecular weight is 367 g/mol. The van der Waals surface area contributed by atoms with Crippen LogP contribution in [0.2, 0.25) is 5.02 Å². The van der Waals surface area contributed by atoms with Crippen molar-refractivity contribution in [2.24, 2.45) is 5.73 Å². The number of fused-ring (bicyclic) bond motifs is 1. The van der Waals surface area contributed by atoms with Crippen molar-refractivity contribution in [3.63, 3.8) is 0 Å². The highest BCUT2D eigenvalue weighted by Gasteiger charge is 2.26. The van der Waals surface area contributed by atoms with Crippen LogP contribution >= 0.6 is 24.0 Å². The van der Waals surface area contributed by atoms with Gasteiger partial charge in [-0.1, -0.05) is 53.6 Å². The molecular weight excluding hydrogens is 347 g/mol. The van der Waals surface area contributed by atoms with E-state index in [4.69, 9.17) is 22.1 Å². The van der Waals surface area contributed by atoms with E-state index in [1.807, 2.05) is 43.3 Å². The summed E-state index contributed by atoms with van der Waals surface area (Å²) < 4.78 is 5.61. The summed E-state index contributed by atoms with van der Waals surface area (Å²) in [5.41, 5.74) is 8.91. The molecule has 4 nitrogen and oxygen atoms in total. The lowest BCUT2D eigenvalue weighted by atomic mass is 9.99. The van der Waals surface area contributed by atoms with Gasteiger partial charge in [-0.2, -0.15) is 0 Å². The van der Waals surface area contributed by atoms with E-state index < -0.39 is 6.04 Å². The number of nitrogens with two attached hydrogens (primary N) is 1. The predicted octanol–water partition coefficient (Wildman–Crippen LogP) is 3.71. The summed E-state index contributed by atoms with van der Waals surface area (Å²) in [7, 11) is 0. The van der Waals surface area contributed by atoms with E-state index in [-0.39, 0.29) is 24.4 Å². The molecule has 2 aromatic carbocycles. The minimum Gasteiger partial charge on any atom is -0.492 e. The molecule has 2 atom stereocenters. The third-order valence-electron chi connectivity index (χ3n) is 4.06. The summed E-state index contributed by atoms with van der Waals surface area (Å²) in [6.45, 7) is 2.51. The Hall–Kier alpha value is -1.75. The van der Waals surface area contributed by atoms with Crippen molar-refractivity contribution in [1.29, 1.82) is 0 Å². The molecule has 1 heterocycles. The zero-order valence-electron chi connectivity index (χ0n) is 13.3. The Bertz CT molecular complexity index is 719. The van der Waals surface area contributed by atoms with Gasteiger partial charge in [0.25, 0.3) is 0 Å². The number of benzene rings is 2. The van der Waals surface area contributed by atoms with Gasteiger partial charge in [-0.25, -0.2) is 0 Å². The number of rotatable bonds is 3. The third kappa shape index (κ3) is 3.83. The van der Waals surface area contributed by atoms with Crippen LogP contribution in [0, 0.1) is 6.92 Å². The lowest BCUT2D eigenvalue weighted by Crippen LogP contribution is -2.38. The Kier molecular flexibility index (Phi) is 6.10. The summed E-state index contributed by atoms with van der Waals surface area (Å²) in [6.07, 6.45) is 0.694. The van der Waals surface area contributed by atoms with Gasteiger partial charge >= 0.3 is 0 Å². The molecule has 3 rings (SSSR count). The largest absolute Gasteiger partial charge is 0.492 e. The monoisotopic (exact) mass is 366 g/mol. The highest BCUT2D eigenvalue weighted by atomic mass is 35.5. The molecule has 1 amide bonds. The summed E-state index contributed by atoms with van der Waals surface area (Å²) in [5, 5.41) is 3.57. The number of carbonyl (C=O) groups is 1. The number of ether oxygens (including phenoxy) is 1. The normalized spacial score (nSPS) is 17.0. The van der Waals surface area contributed by atoms with Crippen LogP contribution in [-0.4, -0.2) is 12.5 Å². The Morgan fingerprint density at radius 2 is 2.00 bits per heavy atom. The lowest BCUT2D eigenvalue weighted by molar-refractivity contribution is -0.123. The first-order valence-corrected chi connectivity index (χ1v) is 7.98. The van der Waals surface area contributed by atoms with Gasteiger partial charge in [0.05, 0.1) is 17.7 Å². The maximum atomic E-state index is 12.5. The van der Waals surface area contributed by atoms with Crippen LogP contribution in [0.1, 0.15) is 35.2 Å². The lowest BCUT2D eigenvalue weighted by Gasteiger charge is -2.28. The molecule has 6 heteroatoms. The van der Waals surface area contributed by atoms with Crippen molar-refractivity contribution in [1.82, 2.24) is 5.32 Å². The number of halogens is 2. The second-order valence-corrected chi connectivity index (χ2v) is 6.15. The van der Waals surface area contributed by atoms with Gasteiger partial charge in [-0.15, -0.1) is 12.4 Å². The molecule has 1 aliphatic rings. The maximum absolute atomic E-state index is 12.5. The molecule has 24 heavy (non-hydrogen) atoms. The summed E-state index contributed by atoms with van der Waals surface area (Å²) in [6, 6.07) is 12.4. The topological polar surface area (TPSA) is 64.4 Å². The van der Waals surface area contributed by atoms with Crippen LogP contribution in [-0.2, 0) is 4.79 Å². The molecule has 2 unspecified atom stereocenters. The van der Waals surface area contributed by atoms with E-state index in [1.165, 1.54) is 0 Å². The number of carbonyl (C=O) groups excluding carboxylic acids is 1. The van der Waals surface area contributed by atoms with Gasteiger partial charge in [0.2, 0.25) is 5.91 Å². The first-order chi connectivity index (χ1) is 11.1. The van der Waals surface area contributed by atoms with E-state index in [0.717, 1.165) is 16.7 Å². The number of nitrogens with one attached hydrogen (secondary N) is 1. The molecule has 0 saturated heterocycles. The fourth-order valence-electron chi connectivity index (χ4n) is 2.72. The first kappa shape index (κ1) is 18.6. The first-order valence-electron chi connectivity index (χ1n) is 7.60. The molecular formula is C18H20Cl2N2O2. The summed E-state index contributed by atoms with van der Waals surface area (Å²) >= 11 is 6.15. The van der Waals surface area contributed by atoms with Crippen molar-refractivity contribution >= 4 is 29.9 Å². The van der Waals surface area contributed by atoms with Crippen molar-refractivity contribution in [2.45, 2.75) is 25.4 Å². The summed E-state index contributed by atoms with van der Waals surface area (Å²) in [5.74, 6) is 0.446. The van der Waals surface area contributed by atoms with Crippen LogP contribution in [0.3, 0.4) is 0 Å². The van der Waals surface area contributed by atoms with Gasteiger partial charge in [-0.05, 0) is 18.6 Å². The molecule has 3 N–H and O–H groups in total. The van der Waals surface area contributed by atoms with Crippen LogP contribution in [0.15, 0.2) is 42.5 Å². The zero-order chi connectivity index (χ0) is 16.4. The number of amides is 1. The van der Waals surface area contributed by atoms with Gasteiger partial charge in [0, 0.05) is 12.0 Å². The molecule has 0 spiro atoms. The van der Waals surface area contributed by atoms with Crippen LogP contribution in [0.4, 0.5) is 0 Å². The van der Waals surface area contributed by atoms with Crippen LogP contribution < -0.4 is 15.8 Å². The molecule has 128 valence electrons. The Balaban J connectivity index is 0.00000208. The van der Waals surface area contributed by atoms with Crippen molar-refractivity contribution in [3.05, 3.63) is 64.2 Å². The number of hydrogen-bond donors (Lipinski definition) is 2. The fraction of sp³-hybridized carbons (Fsp3) is 0.278. The quantitative estimate of drug-likeness (QED) is 0.869. The molecule has 2 aromatic rings. The Morgan fingerprint density at radius 3 is 2.71 bits per heavy atom. The number of hydrogen-bond acceptors (Lipinski definition) is 3. The van der Waals surface area contributed by atoms with E-state index in [1.54, 1.807) is 6.07 Å². The minimum atomic E-state index is -0.693. The van der Waals surface area contributed by atoms with E-state index in [2.05, 4.69) is 5.32 Å². The van der Waals surface area contributed by atoms with Gasteiger partial charge in [-0.3, -0.25) is 4.79 Å². The maximum Gasteiger partial charge on any atom is 0.241 e. The summed E-state index contributed by atoms with van der Waals surface area (Å²) in [4.78, 5) is 12.5. The molecule has 0 bridgehead atoms. The predicted molar refractivity (Wildman–Crippen MR) is 97.8 cm³/mol. The highest BCUT2D eigenvalue weighted by Crippen LogP contribution is 2.37. The third-order valence-corrected chi connectivity index (χ3v) is 4.36. The molecule has 0 radical (unpaired) electrons. The van der Waals surface area contributed by atoms with E-state index in [0.29, 0.717) is 23.8 Å². The van der Waals surface area contributed by atoms with Gasteiger partial charge < -0.3 is 15.8 Å². The highest BCUT2D eigenvalue weighted by molar-refractivity contribution is 6.32. The second-order valence-electron chi connectivity index (χ2n) is 5.74. The van der Waals surface area contributed by atoms with Crippen molar-refractivity contribution in [2.75, 3.05) is 6.61 Å². The average Bonchev–Trinajstić information content (AvgIpc) is 2.56. The smallest absolute Gasteiger partial charge is 0.241 e. The van der Waals surface area contributed by atoms with E-state index in [9.17, 15) is 4.79 Å². The number of para-hydroxylation sites is 1. The van der Waals surface area contributed by atoms with Crippen LogP contribution in [0.25, 0.3) is 0 Å². The van der Waals surface area contributed by atoms with Crippen molar-refractivity contribution < 1.29 is 9.53 Å². The fourth-order valence-corrected chi connectivity index (χ4v) is 2.96. The number of aryl methyl sites for hydroxylation is 1. The SMILES string of the molecule is Cc1ccc(C(N)C(=O)NC2CCOc3c(Cl)cccc32)cc1.Cl. The van der Waals surface area contributed by atoms with Gasteiger partial charge in [0.15, 0.2) is 0 Å². The Labute approximate surface area is 152 Å². The van der Waals surface area contributed by atoms with Crippen molar-refractivity contribution in [3.8, 4) is 5.75 Å². The molecule has 0 saturated carbocycles. The molecule has 0 aromatic heterocycles. The van der Waals surface area contributed by atoms with Gasteiger partial charge in [0.1, 0.15) is 11.8 Å². The van der Waals surface area contributed by atoms with Crippen LogP contribution in [0.5, 0.6) is 5.75 Å². The zero-order valence-corrected chi connectivity index (χ0v) is 14.9. The standard InChI is InChI=1S/C18H19ClN2O2.ClH/c1-11-5-7-12(8-6-11)16(20)18(22)21-15-9-10-23-17-13(15)3-2-4-14(17)19;/h2-8,15-16H,9-10,20H2,1H3,(H,21,22);1H. The second kappa shape index (κ2) is 7.88. The molecule has 0 aliphatic carbocycles. The molecule has 1 aliphatic heterocycles. The minimum absolute atomic E-state index is 0.